The molecule has 1 fully saturated rings. The molecule has 0 spiro atoms. The van der Waals surface area contributed by atoms with Crippen molar-refractivity contribution >= 4 is 35.5 Å². The van der Waals surface area contributed by atoms with Crippen molar-refractivity contribution < 1.29 is 54.2 Å². The number of aliphatic carboxylic acids is 1. The summed E-state index contributed by atoms with van der Waals surface area (Å²) in [4.78, 5) is 59.9. The van der Waals surface area contributed by atoms with Gasteiger partial charge in [-0.25, -0.2) is 4.79 Å². The van der Waals surface area contributed by atoms with Crippen molar-refractivity contribution in [3.05, 3.63) is 92.1 Å². The monoisotopic (exact) mass is 983 g/mol. The van der Waals surface area contributed by atoms with Gasteiger partial charge in [0.05, 0.1) is 36.4 Å². The number of rotatable bonds is 19. The number of benzene rings is 2. The van der Waals surface area contributed by atoms with Crippen LogP contribution in [0.5, 0.6) is 23.0 Å². The Labute approximate surface area is 417 Å². The predicted molar refractivity (Wildman–Crippen MR) is 270 cm³/mol. The van der Waals surface area contributed by atoms with Gasteiger partial charge in [-0.1, -0.05) is 46.6 Å². The molecule has 0 bridgehead atoms. The van der Waals surface area contributed by atoms with Crippen LogP contribution in [-0.2, 0) is 35.5 Å². The molecule has 5 aliphatic heterocycles. The maximum Gasteiger partial charge on any atom is 0.337 e. The van der Waals surface area contributed by atoms with E-state index in [2.05, 4.69) is 65.8 Å². The van der Waals surface area contributed by atoms with Crippen LogP contribution >= 0.6 is 11.8 Å². The number of ether oxygens (including phenoxy) is 2. The third-order valence-electron chi connectivity index (χ3n) is 14.9. The maximum absolute atomic E-state index is 14.6. The van der Waals surface area contributed by atoms with Gasteiger partial charge in [0.25, 0.3) is 11.8 Å². The van der Waals surface area contributed by atoms with Gasteiger partial charge in [0.2, 0.25) is 5.91 Å². The fraction of sp³-hybridized carbons (Fsp3) is 0.564. The van der Waals surface area contributed by atoms with Gasteiger partial charge in [0.1, 0.15) is 40.2 Å². The van der Waals surface area contributed by atoms with Gasteiger partial charge < -0.3 is 49.7 Å². The van der Waals surface area contributed by atoms with E-state index in [9.17, 15) is 44.7 Å². The topological polar surface area (TPSA) is 198 Å². The Kier molecular flexibility index (Phi) is 16.2. The molecule has 1 saturated heterocycles. The summed E-state index contributed by atoms with van der Waals surface area (Å²) in [5.74, 6) is -1.71. The number of thioether (sulfide) groups is 1. The van der Waals surface area contributed by atoms with E-state index in [1.165, 1.54) is 44.2 Å². The fourth-order valence-electron chi connectivity index (χ4n) is 10.5. The van der Waals surface area contributed by atoms with Gasteiger partial charge in [-0.3, -0.25) is 14.4 Å². The third kappa shape index (κ3) is 11.1. The lowest BCUT2D eigenvalue weighted by Crippen LogP contribution is -2.51. The van der Waals surface area contributed by atoms with Crippen molar-refractivity contribution in [2.75, 3.05) is 18.8 Å². The number of fused-ring (bicyclic) bond motifs is 6. The fourth-order valence-corrected chi connectivity index (χ4v) is 11.5. The van der Waals surface area contributed by atoms with Gasteiger partial charge in [0.15, 0.2) is 5.37 Å². The summed E-state index contributed by atoms with van der Waals surface area (Å²) in [6.07, 6.45) is 13.6. The number of carboxylic acid groups (broad SMARTS) is 1. The van der Waals surface area contributed by atoms with Crippen LogP contribution in [0.1, 0.15) is 163 Å². The van der Waals surface area contributed by atoms with Crippen LogP contribution < -0.4 is 9.47 Å². The highest BCUT2D eigenvalue weighted by molar-refractivity contribution is 8.00. The standard InChI is InChI=1S/C55H73N3O11S/c1-32(2)14-9-16-34(5)18-11-21-54(7)45(61)28-38-43(59)26-36-40(47(38)68-54)30-56(49(36)63)23-13-20-42(51(65)57-24-25-70-52(57)53(66)67)58-31-41-37(50(58)64)27-44(60)39-29-46(62)55(8,69-48(39)41)22-12-19-35(6)17-10-15-33(3)4/h14-15,18-19,26-27,42,45-46,52,59-62H,9-13,16-17,20-25,28-31H2,1-8H3,(H,66,67)/b34-18+,35-19+/t42-,45-,46-,52-,54+,55+/m0/s1. The Morgan fingerprint density at radius 3 is 1.74 bits per heavy atom. The first-order chi connectivity index (χ1) is 33.1. The minimum atomic E-state index is -1.16. The summed E-state index contributed by atoms with van der Waals surface area (Å²) in [5, 5.41) is 54.2. The quantitative estimate of drug-likeness (QED) is 0.0840. The molecule has 15 heteroatoms. The van der Waals surface area contributed by atoms with Crippen molar-refractivity contribution in [2.45, 2.75) is 180 Å². The molecule has 5 N–H and O–H groups in total. The first kappa shape index (κ1) is 52.6. The Balaban J connectivity index is 1.08. The molecule has 3 amide bonds. The Bertz CT molecular complexity index is 2510. The second-order valence-corrected chi connectivity index (χ2v) is 22.1. The van der Waals surface area contributed by atoms with Crippen molar-refractivity contribution in [3.8, 4) is 23.0 Å². The van der Waals surface area contributed by atoms with E-state index in [1.54, 1.807) is 4.90 Å². The van der Waals surface area contributed by atoms with E-state index in [-0.39, 0.29) is 74.8 Å². The third-order valence-corrected chi connectivity index (χ3v) is 16.1. The Hall–Kier alpha value is -5.25. The average molecular weight is 984 g/mol. The smallest absolute Gasteiger partial charge is 0.337 e. The van der Waals surface area contributed by atoms with Crippen LogP contribution in [0.25, 0.3) is 0 Å². The number of phenolic OH excluding ortho intramolecular Hbond substituents is 2. The Morgan fingerprint density at radius 1 is 0.743 bits per heavy atom. The van der Waals surface area contributed by atoms with Crippen molar-refractivity contribution in [1.29, 1.82) is 0 Å². The molecule has 0 radical (unpaired) electrons. The minimum absolute atomic E-state index is 0.0474. The van der Waals surface area contributed by atoms with E-state index in [4.69, 9.17) is 9.47 Å². The van der Waals surface area contributed by atoms with Crippen molar-refractivity contribution in [1.82, 2.24) is 14.7 Å². The number of carboxylic acids is 1. The number of hydrogen-bond acceptors (Lipinski definition) is 11. The number of phenols is 2. The lowest BCUT2D eigenvalue weighted by Gasteiger charge is -2.41. The lowest BCUT2D eigenvalue weighted by molar-refractivity contribution is -0.147. The van der Waals surface area contributed by atoms with Crippen LogP contribution in [-0.4, -0.2) is 118 Å². The highest BCUT2D eigenvalue weighted by Gasteiger charge is 2.48. The zero-order valence-electron chi connectivity index (χ0n) is 42.2. The second-order valence-electron chi connectivity index (χ2n) is 21.0. The molecule has 0 saturated carbocycles. The van der Waals surface area contributed by atoms with Crippen molar-refractivity contribution in [2.24, 2.45) is 0 Å². The highest BCUT2D eigenvalue weighted by atomic mass is 32.2. The number of aliphatic hydroxyl groups is 2. The minimum Gasteiger partial charge on any atom is -0.508 e. The summed E-state index contributed by atoms with van der Waals surface area (Å²) >= 11 is 1.14. The molecule has 2 aromatic carbocycles. The van der Waals surface area contributed by atoms with E-state index >= 15 is 0 Å². The molecular formula is C55H73N3O11S. The molecule has 380 valence electrons. The molecule has 14 nitrogen and oxygen atoms in total. The average Bonchev–Trinajstić information content (AvgIpc) is 4.00. The van der Waals surface area contributed by atoms with E-state index in [0.717, 1.165) is 37.4 Å². The van der Waals surface area contributed by atoms with E-state index < -0.39 is 52.6 Å². The molecule has 2 aromatic rings. The van der Waals surface area contributed by atoms with Crippen LogP contribution in [0, 0.1) is 0 Å². The van der Waals surface area contributed by atoms with Gasteiger partial charge in [-0.2, -0.15) is 0 Å². The van der Waals surface area contributed by atoms with Gasteiger partial charge in [-0.05, 0) is 132 Å². The number of allylic oxidation sites excluding steroid dienone is 8. The van der Waals surface area contributed by atoms with Crippen molar-refractivity contribution in [3.63, 3.8) is 0 Å². The summed E-state index contributed by atoms with van der Waals surface area (Å²) in [6.45, 7) is 16.7. The van der Waals surface area contributed by atoms with Gasteiger partial charge in [-0.15, -0.1) is 11.8 Å². The number of hydrogen-bond donors (Lipinski definition) is 5. The number of carbonyl (C=O) groups excluding carboxylic acids is 3. The number of nitrogens with zero attached hydrogens (tertiary/aromatic N) is 3. The lowest BCUT2D eigenvalue weighted by atomic mass is 9.84. The zero-order chi connectivity index (χ0) is 50.8. The second kappa shape index (κ2) is 21.6. The molecule has 70 heavy (non-hydrogen) atoms. The molecule has 0 aliphatic carbocycles. The molecule has 5 heterocycles. The van der Waals surface area contributed by atoms with Crippen LogP contribution in [0.4, 0.5) is 0 Å². The SMILES string of the molecule is CC(C)=CCC/C(C)=C/CC[C@@]1(C)Oc2c(c(O)cc3c2CN(CCC[C@@H](C(=O)N2CCS[C@H]2C(=O)O)N2Cc4c(cc(O)c5c4O[C@](C)(CC/C=C(\C)CCC=C(C)C)[C@@H](O)C5)C2=O)C3=O)C[C@@H]1O. The molecule has 0 unspecified atom stereocenters. The van der Waals surface area contributed by atoms with Gasteiger partial charge in [0, 0.05) is 53.9 Å². The van der Waals surface area contributed by atoms with E-state index in [0.29, 0.717) is 70.8 Å². The molecule has 5 aliphatic rings. The zero-order valence-corrected chi connectivity index (χ0v) is 43.0. The summed E-state index contributed by atoms with van der Waals surface area (Å²) in [5.41, 5.74) is 5.43. The molecule has 7 rings (SSSR count). The van der Waals surface area contributed by atoms with Crippen LogP contribution in [0.3, 0.4) is 0 Å². The summed E-state index contributed by atoms with van der Waals surface area (Å²) in [6, 6.07) is 1.68. The van der Waals surface area contributed by atoms with Crippen LogP contribution in [0.15, 0.2) is 58.7 Å². The molecular weight excluding hydrogens is 911 g/mol. The number of aromatic hydroxyl groups is 2. The summed E-state index contributed by atoms with van der Waals surface area (Å²) < 4.78 is 13.3. The van der Waals surface area contributed by atoms with Gasteiger partial charge >= 0.3 is 5.97 Å². The molecule has 6 atom stereocenters. The highest BCUT2D eigenvalue weighted by Crippen LogP contribution is 2.49. The summed E-state index contributed by atoms with van der Waals surface area (Å²) in [7, 11) is 0. The number of amides is 3. The Morgan fingerprint density at radius 2 is 1.24 bits per heavy atom. The normalized spacial score (nSPS) is 24.4. The maximum atomic E-state index is 14.6. The number of carbonyl (C=O) groups is 4. The molecule has 0 aromatic heterocycles. The number of aliphatic hydroxyl groups excluding tert-OH is 2. The van der Waals surface area contributed by atoms with Crippen LogP contribution in [0.2, 0.25) is 0 Å². The first-order valence-electron chi connectivity index (χ1n) is 24.9. The van der Waals surface area contributed by atoms with E-state index in [1.807, 2.05) is 13.8 Å². The first-order valence-corrected chi connectivity index (χ1v) is 26.0. The largest absolute Gasteiger partial charge is 0.508 e. The predicted octanol–water partition coefficient (Wildman–Crippen LogP) is 8.90.